The van der Waals surface area contributed by atoms with Gasteiger partial charge in [0.15, 0.2) is 0 Å². The molecule has 0 radical (unpaired) electrons. The van der Waals surface area contributed by atoms with Gasteiger partial charge in [-0.05, 0) is 30.7 Å². The van der Waals surface area contributed by atoms with Crippen molar-refractivity contribution in [3.63, 3.8) is 0 Å². The smallest absolute Gasteiger partial charge is 0.137 e. The summed E-state index contributed by atoms with van der Waals surface area (Å²) >= 11 is 5.91. The quantitative estimate of drug-likeness (QED) is 0.736. The van der Waals surface area contributed by atoms with E-state index < -0.39 is 6.10 Å². The number of para-hydroxylation sites is 1. The lowest BCUT2D eigenvalue weighted by Gasteiger charge is -2.13. The number of halogens is 1. The molecule has 0 aliphatic heterocycles. The SMILES string of the molecule is C=CC(O)c1c(C)c2ccccc2n1-c1ccc(Cl)cn1. The van der Waals surface area contributed by atoms with Crippen LogP contribution in [0, 0.1) is 6.92 Å². The molecule has 1 N–H and O–H groups in total. The van der Waals surface area contributed by atoms with Gasteiger partial charge in [0.25, 0.3) is 0 Å². The van der Waals surface area contributed by atoms with Gasteiger partial charge in [-0.25, -0.2) is 4.98 Å². The van der Waals surface area contributed by atoms with Crippen molar-refractivity contribution >= 4 is 22.5 Å². The van der Waals surface area contributed by atoms with Crippen LogP contribution in [0.3, 0.4) is 0 Å². The third kappa shape index (κ3) is 2.24. The molecule has 0 bridgehead atoms. The van der Waals surface area contributed by atoms with Gasteiger partial charge in [0.2, 0.25) is 0 Å². The number of aryl methyl sites for hydroxylation is 1. The molecule has 2 heterocycles. The highest BCUT2D eigenvalue weighted by Crippen LogP contribution is 2.32. The topological polar surface area (TPSA) is 38.0 Å². The van der Waals surface area contributed by atoms with Crippen LogP contribution in [0.25, 0.3) is 16.7 Å². The minimum atomic E-state index is -0.755. The van der Waals surface area contributed by atoms with Gasteiger partial charge in [0.05, 0.1) is 16.2 Å². The maximum atomic E-state index is 10.3. The van der Waals surface area contributed by atoms with Crippen LogP contribution in [0.4, 0.5) is 0 Å². The summed E-state index contributed by atoms with van der Waals surface area (Å²) in [5.74, 6) is 0.722. The summed E-state index contributed by atoms with van der Waals surface area (Å²) in [5.41, 5.74) is 2.80. The lowest BCUT2D eigenvalue weighted by molar-refractivity contribution is 0.221. The number of benzene rings is 1. The Balaban J connectivity index is 2.38. The van der Waals surface area contributed by atoms with E-state index in [0.29, 0.717) is 5.02 Å². The molecule has 3 aromatic rings. The van der Waals surface area contributed by atoms with Gasteiger partial charge in [-0.15, -0.1) is 6.58 Å². The van der Waals surface area contributed by atoms with E-state index in [4.69, 9.17) is 11.6 Å². The van der Waals surface area contributed by atoms with Crippen LogP contribution < -0.4 is 0 Å². The van der Waals surface area contributed by atoms with E-state index in [9.17, 15) is 5.11 Å². The van der Waals surface area contributed by atoms with E-state index in [1.165, 1.54) is 6.08 Å². The second kappa shape index (κ2) is 5.35. The van der Waals surface area contributed by atoms with Gasteiger partial charge in [-0.1, -0.05) is 35.9 Å². The molecular weight excluding hydrogens is 284 g/mol. The van der Waals surface area contributed by atoms with Crippen LogP contribution in [0.1, 0.15) is 17.4 Å². The molecule has 1 atom stereocenters. The highest BCUT2D eigenvalue weighted by Gasteiger charge is 2.20. The number of pyridine rings is 1. The molecule has 106 valence electrons. The zero-order chi connectivity index (χ0) is 15.0. The Bertz CT molecular complexity index is 806. The average Bonchev–Trinajstić information content (AvgIpc) is 2.81. The molecule has 3 nitrogen and oxygen atoms in total. The standard InChI is InChI=1S/C17H15ClN2O/c1-3-15(21)17-11(2)13-6-4-5-7-14(13)20(17)16-9-8-12(18)10-19-16/h3-10,15,21H,1H2,2H3. The normalized spacial score (nSPS) is 12.5. The van der Waals surface area contributed by atoms with E-state index in [0.717, 1.165) is 28.0 Å². The van der Waals surface area contributed by atoms with E-state index in [1.807, 2.05) is 41.8 Å². The maximum Gasteiger partial charge on any atom is 0.137 e. The second-order valence-electron chi connectivity index (χ2n) is 4.88. The summed E-state index contributed by atoms with van der Waals surface area (Å²) in [5, 5.41) is 12.0. The van der Waals surface area contributed by atoms with Gasteiger partial charge < -0.3 is 5.11 Å². The molecule has 0 saturated carbocycles. The third-order valence-corrected chi connectivity index (χ3v) is 3.84. The molecule has 0 fully saturated rings. The van der Waals surface area contributed by atoms with E-state index in [-0.39, 0.29) is 0 Å². The minimum Gasteiger partial charge on any atom is -0.383 e. The van der Waals surface area contributed by atoms with Crippen molar-refractivity contribution in [2.24, 2.45) is 0 Å². The van der Waals surface area contributed by atoms with Crippen LogP contribution in [-0.4, -0.2) is 14.7 Å². The molecule has 0 aliphatic carbocycles. The molecule has 21 heavy (non-hydrogen) atoms. The number of fused-ring (bicyclic) bond motifs is 1. The van der Waals surface area contributed by atoms with E-state index in [1.54, 1.807) is 12.3 Å². The van der Waals surface area contributed by atoms with Crippen LogP contribution in [0.5, 0.6) is 0 Å². The molecule has 3 rings (SSSR count). The lowest BCUT2D eigenvalue weighted by Crippen LogP contribution is -2.06. The molecule has 0 amide bonds. The Kier molecular flexibility index (Phi) is 3.53. The van der Waals surface area contributed by atoms with Crippen molar-refractivity contribution in [1.82, 2.24) is 9.55 Å². The number of aliphatic hydroxyl groups is 1. The summed E-state index contributed by atoms with van der Waals surface area (Å²) in [6.45, 7) is 5.69. The number of rotatable bonds is 3. The Labute approximate surface area is 128 Å². The minimum absolute atomic E-state index is 0.581. The lowest BCUT2D eigenvalue weighted by atomic mass is 10.1. The number of hydrogen-bond donors (Lipinski definition) is 1. The van der Waals surface area contributed by atoms with Crippen molar-refractivity contribution in [1.29, 1.82) is 0 Å². The predicted molar refractivity (Wildman–Crippen MR) is 86.0 cm³/mol. The fourth-order valence-corrected chi connectivity index (χ4v) is 2.75. The zero-order valence-electron chi connectivity index (χ0n) is 11.6. The molecule has 0 aliphatic rings. The number of hydrogen-bond acceptors (Lipinski definition) is 2. The van der Waals surface area contributed by atoms with Crippen molar-refractivity contribution < 1.29 is 5.11 Å². The first-order valence-corrected chi connectivity index (χ1v) is 7.03. The van der Waals surface area contributed by atoms with Crippen molar-refractivity contribution in [2.75, 3.05) is 0 Å². The number of aromatic nitrogens is 2. The van der Waals surface area contributed by atoms with Crippen molar-refractivity contribution in [2.45, 2.75) is 13.0 Å². The number of nitrogens with zero attached hydrogens (tertiary/aromatic N) is 2. The summed E-state index contributed by atoms with van der Waals surface area (Å²) in [4.78, 5) is 4.37. The Morgan fingerprint density at radius 1 is 1.29 bits per heavy atom. The summed E-state index contributed by atoms with van der Waals surface area (Å²) in [6, 6.07) is 11.6. The molecule has 0 saturated heterocycles. The average molecular weight is 299 g/mol. The van der Waals surface area contributed by atoms with Crippen molar-refractivity contribution in [3.8, 4) is 5.82 Å². The number of aliphatic hydroxyl groups excluding tert-OH is 1. The van der Waals surface area contributed by atoms with Gasteiger partial charge in [-0.3, -0.25) is 4.57 Å². The van der Waals surface area contributed by atoms with Crippen LogP contribution in [0.2, 0.25) is 5.02 Å². The summed E-state index contributed by atoms with van der Waals surface area (Å²) in [6.07, 6.45) is 2.37. The molecule has 4 heteroatoms. The maximum absolute atomic E-state index is 10.3. The van der Waals surface area contributed by atoms with Gasteiger partial charge >= 0.3 is 0 Å². The summed E-state index contributed by atoms with van der Waals surface area (Å²) < 4.78 is 1.95. The first-order chi connectivity index (χ1) is 10.1. The largest absolute Gasteiger partial charge is 0.383 e. The second-order valence-corrected chi connectivity index (χ2v) is 5.31. The Morgan fingerprint density at radius 3 is 2.71 bits per heavy atom. The van der Waals surface area contributed by atoms with Crippen LogP contribution >= 0.6 is 11.6 Å². The molecule has 0 spiro atoms. The van der Waals surface area contributed by atoms with Gasteiger partial charge in [-0.2, -0.15) is 0 Å². The summed E-state index contributed by atoms with van der Waals surface area (Å²) in [7, 11) is 0. The fraction of sp³-hybridized carbons (Fsp3) is 0.118. The predicted octanol–water partition coefficient (Wildman–Crippen LogP) is 4.21. The van der Waals surface area contributed by atoms with Crippen LogP contribution in [-0.2, 0) is 0 Å². The monoisotopic (exact) mass is 298 g/mol. The fourth-order valence-electron chi connectivity index (χ4n) is 2.63. The van der Waals surface area contributed by atoms with Crippen molar-refractivity contribution in [3.05, 3.63) is 71.5 Å². The first kappa shape index (κ1) is 13.9. The Hall–Kier alpha value is -2.10. The zero-order valence-corrected chi connectivity index (χ0v) is 12.4. The Morgan fingerprint density at radius 2 is 2.05 bits per heavy atom. The molecular formula is C17H15ClN2O. The van der Waals surface area contributed by atoms with E-state index >= 15 is 0 Å². The highest BCUT2D eigenvalue weighted by molar-refractivity contribution is 6.30. The van der Waals surface area contributed by atoms with Crippen LogP contribution in [0.15, 0.2) is 55.3 Å². The first-order valence-electron chi connectivity index (χ1n) is 6.66. The van der Waals surface area contributed by atoms with E-state index in [2.05, 4.69) is 11.6 Å². The molecule has 1 unspecified atom stereocenters. The van der Waals surface area contributed by atoms with Gasteiger partial charge in [0, 0.05) is 11.6 Å². The highest BCUT2D eigenvalue weighted by atomic mass is 35.5. The molecule has 1 aromatic carbocycles. The third-order valence-electron chi connectivity index (χ3n) is 3.62. The van der Waals surface area contributed by atoms with Gasteiger partial charge in [0.1, 0.15) is 11.9 Å². The molecule has 2 aromatic heterocycles.